The first-order valence-corrected chi connectivity index (χ1v) is 7.63. The maximum absolute atomic E-state index is 12.1. The molecule has 8 heteroatoms. The second-order valence-electron chi connectivity index (χ2n) is 4.34. The van der Waals surface area contributed by atoms with Crippen LogP contribution in [0, 0.1) is 0 Å². The molecule has 0 spiro atoms. The average molecular weight is 286 g/mol. The molecule has 1 atom stereocenters. The largest absolute Gasteiger partial charge is 0.378 e. The van der Waals surface area contributed by atoms with E-state index in [1.165, 1.54) is 18.5 Å². The van der Waals surface area contributed by atoms with Crippen LogP contribution >= 0.6 is 0 Å². The van der Waals surface area contributed by atoms with E-state index in [-0.39, 0.29) is 11.0 Å². The summed E-state index contributed by atoms with van der Waals surface area (Å²) in [5.41, 5.74) is 2.67. The van der Waals surface area contributed by atoms with Gasteiger partial charge in [0, 0.05) is 25.5 Å². The lowest BCUT2D eigenvalue weighted by atomic mass is 10.2. The van der Waals surface area contributed by atoms with E-state index >= 15 is 0 Å². The molecule has 1 saturated heterocycles. The Morgan fingerprint density at radius 1 is 1.53 bits per heavy atom. The number of hydrogen-bond donors (Lipinski definition) is 3. The van der Waals surface area contributed by atoms with E-state index in [1.807, 2.05) is 0 Å². The number of nitrogens with zero attached hydrogens (tertiary/aromatic N) is 1. The maximum atomic E-state index is 12.1. The van der Waals surface area contributed by atoms with Gasteiger partial charge in [0.15, 0.2) is 0 Å². The van der Waals surface area contributed by atoms with Crippen molar-refractivity contribution < 1.29 is 13.2 Å². The van der Waals surface area contributed by atoms with Gasteiger partial charge >= 0.3 is 0 Å². The van der Waals surface area contributed by atoms with E-state index < -0.39 is 10.0 Å². The van der Waals surface area contributed by atoms with Crippen LogP contribution in [-0.2, 0) is 14.8 Å². The maximum Gasteiger partial charge on any atom is 0.244 e. The van der Waals surface area contributed by atoms with Crippen LogP contribution in [0.4, 0.5) is 5.69 Å². The molecular weight excluding hydrogens is 268 g/mol. The lowest BCUT2D eigenvalue weighted by Gasteiger charge is -2.12. The number of hydrazine groups is 1. The number of nitrogens with two attached hydrogens (primary N) is 1. The van der Waals surface area contributed by atoms with Crippen LogP contribution < -0.4 is 16.0 Å². The molecule has 1 aromatic heterocycles. The van der Waals surface area contributed by atoms with Crippen LogP contribution in [0.3, 0.4) is 0 Å². The van der Waals surface area contributed by atoms with Crippen LogP contribution in [0.5, 0.6) is 0 Å². The van der Waals surface area contributed by atoms with Crippen LogP contribution in [0.15, 0.2) is 23.4 Å². The van der Waals surface area contributed by atoms with Gasteiger partial charge in [-0.25, -0.2) is 13.1 Å². The summed E-state index contributed by atoms with van der Waals surface area (Å²) >= 11 is 0. The minimum absolute atomic E-state index is 0.0461. The number of nitrogens with one attached hydrogen (secondary N) is 2. The Labute approximate surface area is 112 Å². The van der Waals surface area contributed by atoms with Gasteiger partial charge < -0.3 is 10.2 Å². The van der Waals surface area contributed by atoms with E-state index in [4.69, 9.17) is 10.6 Å². The fourth-order valence-corrected chi connectivity index (χ4v) is 3.18. The first kappa shape index (κ1) is 14.2. The molecule has 1 aromatic rings. The number of ether oxygens (including phenoxy) is 1. The first-order valence-electron chi connectivity index (χ1n) is 6.15. The fourth-order valence-electron chi connectivity index (χ4n) is 2.02. The Hall–Kier alpha value is -1.22. The number of aromatic nitrogens is 1. The molecule has 1 fully saturated rings. The van der Waals surface area contributed by atoms with Gasteiger partial charge in [-0.3, -0.25) is 10.8 Å². The summed E-state index contributed by atoms with van der Waals surface area (Å²) in [6.07, 6.45) is 5.60. The first-order chi connectivity index (χ1) is 9.13. The molecule has 19 heavy (non-hydrogen) atoms. The van der Waals surface area contributed by atoms with Crippen molar-refractivity contribution in [3.05, 3.63) is 18.5 Å². The third-order valence-electron chi connectivity index (χ3n) is 3.01. The highest BCUT2D eigenvalue weighted by molar-refractivity contribution is 7.89. The second-order valence-corrected chi connectivity index (χ2v) is 6.07. The zero-order chi connectivity index (χ0) is 13.7. The Morgan fingerprint density at radius 2 is 2.37 bits per heavy atom. The molecule has 0 amide bonds. The quantitative estimate of drug-likeness (QED) is 0.510. The van der Waals surface area contributed by atoms with Crippen LogP contribution in [0.2, 0.25) is 0 Å². The predicted octanol–water partition coefficient (Wildman–Crippen LogP) is 0.215. The lowest BCUT2D eigenvalue weighted by molar-refractivity contribution is 0.105. The number of rotatable bonds is 6. The van der Waals surface area contributed by atoms with E-state index in [2.05, 4.69) is 15.1 Å². The van der Waals surface area contributed by atoms with Crippen molar-refractivity contribution in [2.24, 2.45) is 5.84 Å². The van der Waals surface area contributed by atoms with Crippen LogP contribution in [0.25, 0.3) is 0 Å². The normalized spacial score (nSPS) is 19.5. The standard InChI is InChI=1S/C11H18N4O3S/c12-15-10-4-5-13-8-11(10)19(16,17)14-6-3-9-2-1-7-18-9/h4-5,8-9,14H,1-3,6-7,12H2,(H,13,15). The summed E-state index contributed by atoms with van der Waals surface area (Å²) in [6, 6.07) is 1.51. The number of pyridine rings is 1. The Kier molecular flexibility index (Phi) is 4.70. The van der Waals surface area contributed by atoms with Gasteiger partial charge in [0.1, 0.15) is 4.90 Å². The average Bonchev–Trinajstić information content (AvgIpc) is 2.91. The van der Waals surface area contributed by atoms with Gasteiger partial charge in [0.2, 0.25) is 10.0 Å². The molecule has 0 aromatic carbocycles. The smallest absolute Gasteiger partial charge is 0.244 e. The molecule has 2 heterocycles. The zero-order valence-electron chi connectivity index (χ0n) is 10.5. The summed E-state index contributed by atoms with van der Waals surface area (Å²) < 4.78 is 32.2. The summed E-state index contributed by atoms with van der Waals surface area (Å²) in [6.45, 7) is 1.10. The van der Waals surface area contributed by atoms with Crippen molar-refractivity contribution in [2.75, 3.05) is 18.6 Å². The highest BCUT2D eigenvalue weighted by Gasteiger charge is 2.20. The number of hydrogen-bond acceptors (Lipinski definition) is 6. The van der Waals surface area contributed by atoms with Crippen LogP contribution in [-0.4, -0.2) is 32.7 Å². The van der Waals surface area contributed by atoms with Crippen molar-refractivity contribution in [1.29, 1.82) is 0 Å². The van der Waals surface area contributed by atoms with Gasteiger partial charge in [-0.1, -0.05) is 0 Å². The van der Waals surface area contributed by atoms with Gasteiger partial charge in [-0.15, -0.1) is 0 Å². The van der Waals surface area contributed by atoms with Crippen molar-refractivity contribution in [1.82, 2.24) is 9.71 Å². The third kappa shape index (κ3) is 3.63. The molecule has 0 aliphatic carbocycles. The summed E-state index contributed by atoms with van der Waals surface area (Å²) in [5, 5.41) is 0. The molecule has 1 aliphatic heterocycles. The zero-order valence-corrected chi connectivity index (χ0v) is 11.3. The summed E-state index contributed by atoms with van der Waals surface area (Å²) in [7, 11) is -3.61. The molecule has 106 valence electrons. The minimum atomic E-state index is -3.61. The molecule has 0 bridgehead atoms. The van der Waals surface area contributed by atoms with Gasteiger partial charge in [-0.05, 0) is 25.3 Å². The SMILES string of the molecule is NNc1ccncc1S(=O)(=O)NCCC1CCCO1. The number of sulfonamides is 1. The molecule has 2 rings (SSSR count). The third-order valence-corrected chi connectivity index (χ3v) is 4.50. The molecule has 4 N–H and O–H groups in total. The van der Waals surface area contributed by atoms with Gasteiger partial charge in [0.25, 0.3) is 0 Å². The van der Waals surface area contributed by atoms with E-state index in [0.29, 0.717) is 18.7 Å². The van der Waals surface area contributed by atoms with E-state index in [0.717, 1.165) is 19.4 Å². The number of nitrogen functional groups attached to an aromatic ring is 1. The van der Waals surface area contributed by atoms with Crippen LogP contribution in [0.1, 0.15) is 19.3 Å². The fraction of sp³-hybridized carbons (Fsp3) is 0.545. The van der Waals surface area contributed by atoms with E-state index in [1.54, 1.807) is 0 Å². The highest BCUT2D eigenvalue weighted by atomic mass is 32.2. The Bertz CT molecular complexity index is 514. The van der Waals surface area contributed by atoms with Gasteiger partial charge in [-0.2, -0.15) is 0 Å². The molecule has 7 nitrogen and oxygen atoms in total. The van der Waals surface area contributed by atoms with Crippen molar-refractivity contribution in [3.8, 4) is 0 Å². The van der Waals surface area contributed by atoms with Gasteiger partial charge in [0.05, 0.1) is 11.8 Å². The summed E-state index contributed by atoms with van der Waals surface area (Å²) in [5.74, 6) is 5.29. The van der Waals surface area contributed by atoms with Crippen molar-refractivity contribution >= 4 is 15.7 Å². The van der Waals surface area contributed by atoms with Crippen molar-refractivity contribution in [3.63, 3.8) is 0 Å². The topological polar surface area (TPSA) is 106 Å². The molecule has 0 saturated carbocycles. The number of anilines is 1. The lowest BCUT2D eigenvalue weighted by Crippen LogP contribution is -2.28. The molecule has 1 unspecified atom stereocenters. The minimum Gasteiger partial charge on any atom is -0.378 e. The predicted molar refractivity (Wildman–Crippen MR) is 70.8 cm³/mol. The highest BCUT2D eigenvalue weighted by Crippen LogP contribution is 2.19. The molecular formula is C11H18N4O3S. The Balaban J connectivity index is 1.97. The Morgan fingerprint density at radius 3 is 3.05 bits per heavy atom. The molecule has 0 radical (unpaired) electrons. The van der Waals surface area contributed by atoms with Crippen molar-refractivity contribution in [2.45, 2.75) is 30.3 Å². The second kappa shape index (κ2) is 6.29. The monoisotopic (exact) mass is 286 g/mol. The van der Waals surface area contributed by atoms with E-state index in [9.17, 15) is 8.42 Å². The molecule has 1 aliphatic rings. The summed E-state index contributed by atoms with van der Waals surface area (Å²) in [4.78, 5) is 3.85.